The highest BCUT2D eigenvalue weighted by Gasteiger charge is 2.05. The molecule has 0 heterocycles. The molecular weight excluding hydrogens is 192 g/mol. The van der Waals surface area contributed by atoms with Gasteiger partial charge >= 0.3 is 10.2 Å². The molecular formula is C7H6N2O3S. The second kappa shape index (κ2) is 3.84. The first-order chi connectivity index (χ1) is 6.14. The van der Waals surface area contributed by atoms with Crippen molar-refractivity contribution in [3.8, 4) is 0 Å². The van der Waals surface area contributed by atoms with Crippen molar-refractivity contribution in [2.75, 3.05) is 4.72 Å². The van der Waals surface area contributed by atoms with Gasteiger partial charge in [-0.3, -0.25) is 4.72 Å². The van der Waals surface area contributed by atoms with Gasteiger partial charge in [-0.25, -0.2) is 4.79 Å². The lowest BCUT2D eigenvalue weighted by Gasteiger charge is -1.99. The number of rotatable bonds is 3. The van der Waals surface area contributed by atoms with E-state index >= 15 is 0 Å². The fraction of sp³-hybridized carbons (Fsp3) is 0. The lowest BCUT2D eigenvalue weighted by atomic mass is 10.3. The molecule has 1 aromatic rings. The van der Waals surface area contributed by atoms with Crippen molar-refractivity contribution in [1.29, 1.82) is 0 Å². The molecule has 68 valence electrons. The number of anilines is 1. The zero-order valence-corrected chi connectivity index (χ0v) is 7.28. The van der Waals surface area contributed by atoms with Crippen LogP contribution in [0.3, 0.4) is 0 Å². The van der Waals surface area contributed by atoms with Crippen molar-refractivity contribution in [3.63, 3.8) is 0 Å². The molecule has 0 bridgehead atoms. The minimum Gasteiger partial charge on any atom is -0.265 e. The van der Waals surface area contributed by atoms with E-state index in [2.05, 4.69) is 9.12 Å². The second-order valence-corrected chi connectivity index (χ2v) is 3.46. The number of para-hydroxylation sites is 1. The number of benzene rings is 1. The molecule has 0 amide bonds. The smallest absolute Gasteiger partial charge is 0.265 e. The van der Waals surface area contributed by atoms with E-state index in [1.165, 1.54) is 12.1 Å². The van der Waals surface area contributed by atoms with Crippen molar-refractivity contribution in [3.05, 3.63) is 30.3 Å². The quantitative estimate of drug-likeness (QED) is 0.573. The predicted octanol–water partition coefficient (Wildman–Crippen LogP) is 0.679. The monoisotopic (exact) mass is 198 g/mol. The van der Waals surface area contributed by atoms with Crippen LogP contribution in [0.5, 0.6) is 0 Å². The summed E-state index contributed by atoms with van der Waals surface area (Å²) in [6, 6.07) is 8.13. The zero-order chi connectivity index (χ0) is 9.73. The van der Waals surface area contributed by atoms with E-state index in [9.17, 15) is 13.2 Å². The normalized spacial score (nSPS) is 10.2. The molecule has 0 spiro atoms. The van der Waals surface area contributed by atoms with E-state index in [0.29, 0.717) is 5.69 Å². The highest BCUT2D eigenvalue weighted by Crippen LogP contribution is 2.07. The molecule has 0 aliphatic carbocycles. The maximum absolute atomic E-state index is 10.9. The van der Waals surface area contributed by atoms with E-state index in [4.69, 9.17) is 0 Å². The molecule has 0 aliphatic heterocycles. The molecule has 0 fully saturated rings. The molecule has 0 atom stereocenters. The minimum atomic E-state index is -3.93. The molecule has 0 aliphatic rings. The summed E-state index contributed by atoms with van der Waals surface area (Å²) >= 11 is 0. The van der Waals surface area contributed by atoms with Crippen LogP contribution in [0.25, 0.3) is 0 Å². The first kappa shape index (κ1) is 9.44. The first-order valence-corrected chi connectivity index (χ1v) is 4.75. The van der Waals surface area contributed by atoms with Crippen LogP contribution in [0.4, 0.5) is 5.69 Å². The molecule has 1 rings (SSSR count). The number of hydrogen-bond acceptors (Lipinski definition) is 3. The molecule has 5 nitrogen and oxygen atoms in total. The van der Waals surface area contributed by atoms with Gasteiger partial charge in [-0.15, -0.1) is 0 Å². The van der Waals surface area contributed by atoms with Gasteiger partial charge in [-0.2, -0.15) is 8.42 Å². The van der Waals surface area contributed by atoms with Crippen molar-refractivity contribution < 1.29 is 13.2 Å². The van der Waals surface area contributed by atoms with Crippen molar-refractivity contribution in [1.82, 2.24) is 0 Å². The number of isocyanates is 1. The first-order valence-electron chi connectivity index (χ1n) is 3.31. The van der Waals surface area contributed by atoms with Gasteiger partial charge in [0.15, 0.2) is 0 Å². The number of nitrogens with one attached hydrogen (secondary N) is 1. The fourth-order valence-corrected chi connectivity index (χ4v) is 1.30. The Morgan fingerprint density at radius 1 is 1.23 bits per heavy atom. The molecule has 0 unspecified atom stereocenters. The van der Waals surface area contributed by atoms with Gasteiger partial charge in [0.1, 0.15) is 0 Å². The molecule has 6 heteroatoms. The van der Waals surface area contributed by atoms with Gasteiger partial charge in [0, 0.05) is 0 Å². The Hall–Kier alpha value is -1.65. The summed E-state index contributed by atoms with van der Waals surface area (Å²) in [6.45, 7) is 0. The van der Waals surface area contributed by atoms with E-state index in [1.54, 1.807) is 18.2 Å². The van der Waals surface area contributed by atoms with E-state index in [-0.39, 0.29) is 0 Å². The number of hydrogen-bond donors (Lipinski definition) is 1. The summed E-state index contributed by atoms with van der Waals surface area (Å²) in [5.74, 6) is 0. The highest BCUT2D eigenvalue weighted by molar-refractivity contribution is 7.91. The van der Waals surface area contributed by atoms with E-state index < -0.39 is 10.2 Å². The van der Waals surface area contributed by atoms with Crippen LogP contribution >= 0.6 is 0 Å². The maximum atomic E-state index is 10.9. The van der Waals surface area contributed by atoms with Gasteiger partial charge < -0.3 is 0 Å². The van der Waals surface area contributed by atoms with Gasteiger partial charge in [0.2, 0.25) is 0 Å². The molecule has 1 N–H and O–H groups in total. The standard InChI is InChI=1S/C7H6N2O3S/c10-6-8-13(11,12)9-7-4-2-1-3-5-7/h1-5,9H. The molecule has 0 saturated heterocycles. The third-order valence-corrected chi connectivity index (χ3v) is 1.99. The van der Waals surface area contributed by atoms with Crippen LogP contribution in [0, 0.1) is 0 Å². The van der Waals surface area contributed by atoms with Gasteiger partial charge in [0.25, 0.3) is 6.08 Å². The van der Waals surface area contributed by atoms with Crippen molar-refractivity contribution >= 4 is 22.0 Å². The molecule has 0 saturated carbocycles. The van der Waals surface area contributed by atoms with Crippen LogP contribution in [0.15, 0.2) is 34.7 Å². The third-order valence-electron chi connectivity index (χ3n) is 1.18. The summed E-state index contributed by atoms with van der Waals surface area (Å²) in [5, 5.41) is 0. The van der Waals surface area contributed by atoms with Crippen molar-refractivity contribution in [2.24, 2.45) is 4.40 Å². The van der Waals surface area contributed by atoms with E-state index in [0.717, 1.165) is 6.08 Å². The van der Waals surface area contributed by atoms with Crippen LogP contribution < -0.4 is 4.72 Å². The van der Waals surface area contributed by atoms with Crippen LogP contribution in [-0.2, 0) is 15.0 Å². The maximum Gasteiger partial charge on any atom is 0.352 e. The summed E-state index contributed by atoms with van der Waals surface area (Å²) in [6.07, 6.45) is 0.953. The second-order valence-electron chi connectivity index (χ2n) is 2.13. The fourth-order valence-electron chi connectivity index (χ4n) is 0.727. The SMILES string of the molecule is O=C=NS(=O)(=O)Nc1ccccc1. The summed E-state index contributed by atoms with van der Waals surface area (Å²) < 4.78 is 26.4. The van der Waals surface area contributed by atoms with E-state index in [1.807, 2.05) is 0 Å². The van der Waals surface area contributed by atoms with Crippen LogP contribution in [0.2, 0.25) is 0 Å². The predicted molar refractivity (Wildman–Crippen MR) is 47.1 cm³/mol. The molecule has 0 aromatic heterocycles. The topological polar surface area (TPSA) is 75.6 Å². The lowest BCUT2D eigenvalue weighted by Crippen LogP contribution is -2.08. The Labute approximate surface area is 75.3 Å². The van der Waals surface area contributed by atoms with Gasteiger partial charge in [-0.1, -0.05) is 22.6 Å². The van der Waals surface area contributed by atoms with Crippen LogP contribution in [0.1, 0.15) is 0 Å². The molecule has 1 aromatic carbocycles. The molecule has 0 radical (unpaired) electrons. The van der Waals surface area contributed by atoms with Crippen LogP contribution in [-0.4, -0.2) is 14.5 Å². The largest absolute Gasteiger partial charge is 0.352 e. The zero-order valence-electron chi connectivity index (χ0n) is 6.47. The highest BCUT2D eigenvalue weighted by atomic mass is 32.2. The van der Waals surface area contributed by atoms with Gasteiger partial charge in [0.05, 0.1) is 5.69 Å². The summed E-state index contributed by atoms with van der Waals surface area (Å²) in [4.78, 5) is 9.70. The Morgan fingerprint density at radius 3 is 2.38 bits per heavy atom. The van der Waals surface area contributed by atoms with Crippen molar-refractivity contribution in [2.45, 2.75) is 0 Å². The van der Waals surface area contributed by atoms with Gasteiger partial charge in [-0.05, 0) is 12.1 Å². The Balaban J connectivity index is 2.88. The average Bonchev–Trinajstić information content (AvgIpc) is 2.04. The summed E-state index contributed by atoms with van der Waals surface area (Å²) in [7, 11) is -3.93. The third kappa shape index (κ3) is 3.06. The number of carbonyl (C=O) groups excluding carboxylic acids is 1. The lowest BCUT2D eigenvalue weighted by molar-refractivity contribution is 0.564. The minimum absolute atomic E-state index is 0.349. The summed E-state index contributed by atoms with van der Waals surface area (Å²) in [5.41, 5.74) is 0.349. The average molecular weight is 198 g/mol. The molecule has 13 heavy (non-hydrogen) atoms. The Morgan fingerprint density at radius 2 is 1.85 bits per heavy atom. The Kier molecular flexibility index (Phi) is 2.79. The number of nitrogens with zero attached hydrogens (tertiary/aromatic N) is 1. The Bertz CT molecular complexity index is 420.